The van der Waals surface area contributed by atoms with Crippen LogP contribution in [0.5, 0.6) is 0 Å². The van der Waals surface area contributed by atoms with Crippen LogP contribution >= 0.6 is 0 Å². The van der Waals surface area contributed by atoms with Crippen molar-refractivity contribution < 1.29 is 0 Å². The summed E-state index contributed by atoms with van der Waals surface area (Å²) in [6.45, 7) is 13.6. The van der Waals surface area contributed by atoms with Gasteiger partial charge in [-0.05, 0) is 151 Å². The van der Waals surface area contributed by atoms with Crippen LogP contribution in [-0.2, 0) is 0 Å². The maximum Gasteiger partial charge on any atom is -0.000718 e. The SMILES string of the molecule is Cc1cc(C)c(-c2c3ccccc3c3c4ccccc4c4c5ccccc5c(-c5c(C)cc(C)cc5C)c5ccc2c3c54)c(C)c1. The number of hydrogen-bond donors (Lipinski definition) is 0. The Balaban J connectivity index is 1.65. The van der Waals surface area contributed by atoms with Gasteiger partial charge in [0.2, 0.25) is 0 Å². The lowest BCUT2D eigenvalue weighted by molar-refractivity contribution is 1.33. The summed E-state index contributed by atoms with van der Waals surface area (Å²) in [5, 5.41) is 16.1. The highest BCUT2D eigenvalue weighted by Crippen LogP contribution is 2.53. The van der Waals surface area contributed by atoms with Crippen LogP contribution in [0.1, 0.15) is 33.4 Å². The van der Waals surface area contributed by atoms with Crippen molar-refractivity contribution in [1.29, 1.82) is 0 Å². The largest absolute Gasteiger partial charge is 0.0616 e. The van der Waals surface area contributed by atoms with E-state index in [1.165, 1.54) is 120 Å². The highest BCUT2D eigenvalue weighted by atomic mass is 14.3. The predicted octanol–water partition coefficient (Wildman–Crippen LogP) is 13.2. The molecule has 220 valence electrons. The first-order chi connectivity index (χ1) is 22.3. The molecule has 9 aromatic rings. The fourth-order valence-electron chi connectivity index (χ4n) is 9.10. The van der Waals surface area contributed by atoms with E-state index in [2.05, 4.69) is 151 Å². The Bertz CT molecular complexity index is 2500. The number of aryl methyl sites for hydroxylation is 6. The van der Waals surface area contributed by atoms with E-state index in [-0.39, 0.29) is 0 Å². The van der Waals surface area contributed by atoms with Gasteiger partial charge < -0.3 is 0 Å². The fourth-order valence-corrected chi connectivity index (χ4v) is 9.10. The van der Waals surface area contributed by atoms with Gasteiger partial charge in [-0.3, -0.25) is 0 Å². The van der Waals surface area contributed by atoms with E-state index in [0.29, 0.717) is 0 Å². The van der Waals surface area contributed by atoms with Crippen molar-refractivity contribution in [2.45, 2.75) is 41.5 Å². The molecule has 0 heteroatoms. The third-order valence-electron chi connectivity index (χ3n) is 10.5. The first-order valence-electron chi connectivity index (χ1n) is 16.5. The highest BCUT2D eigenvalue weighted by Gasteiger charge is 2.25. The Morgan fingerprint density at radius 2 is 0.543 bits per heavy atom. The quantitative estimate of drug-likeness (QED) is 0.139. The van der Waals surface area contributed by atoms with Crippen molar-refractivity contribution in [2.24, 2.45) is 0 Å². The second-order valence-electron chi connectivity index (χ2n) is 13.6. The topological polar surface area (TPSA) is 0 Å². The van der Waals surface area contributed by atoms with Crippen molar-refractivity contribution >= 4 is 64.6 Å². The maximum atomic E-state index is 2.44. The smallest absolute Gasteiger partial charge is 0.000718 e. The molecule has 0 aromatic heterocycles. The van der Waals surface area contributed by atoms with E-state index in [4.69, 9.17) is 0 Å². The molecule has 0 nitrogen and oxygen atoms in total. The minimum absolute atomic E-state index is 1.31. The standard InChI is InChI=1S/C46H36/c1-25-21-27(3)39(28(4)22-25)43-35-17-11-9-15-33(35)41-31-13-7-8-14-32(31)42-34-16-10-12-18-36(34)44(38-20-19-37(43)45(41)46(38)42)40-29(5)23-26(2)24-30(40)6/h7-24H,1-6H3. The van der Waals surface area contributed by atoms with E-state index in [0.717, 1.165) is 0 Å². The summed E-state index contributed by atoms with van der Waals surface area (Å²) < 4.78 is 0. The Labute approximate surface area is 270 Å². The lowest BCUT2D eigenvalue weighted by atomic mass is 9.78. The van der Waals surface area contributed by atoms with Gasteiger partial charge in [-0.15, -0.1) is 0 Å². The van der Waals surface area contributed by atoms with E-state index < -0.39 is 0 Å². The van der Waals surface area contributed by atoms with E-state index in [9.17, 15) is 0 Å². The summed E-state index contributed by atoms with van der Waals surface area (Å²) >= 11 is 0. The Morgan fingerprint density at radius 1 is 0.261 bits per heavy atom. The van der Waals surface area contributed by atoms with Crippen LogP contribution in [0.4, 0.5) is 0 Å². The maximum absolute atomic E-state index is 2.44. The summed E-state index contributed by atoms with van der Waals surface area (Å²) in [5.74, 6) is 0. The molecule has 0 N–H and O–H groups in total. The molecule has 0 aliphatic rings. The van der Waals surface area contributed by atoms with Crippen LogP contribution in [0.3, 0.4) is 0 Å². The van der Waals surface area contributed by atoms with Crippen LogP contribution in [0.2, 0.25) is 0 Å². The lowest BCUT2D eigenvalue weighted by Gasteiger charge is -2.25. The molecule has 0 spiro atoms. The lowest BCUT2D eigenvalue weighted by Crippen LogP contribution is -1.98. The Morgan fingerprint density at radius 3 is 0.870 bits per heavy atom. The van der Waals surface area contributed by atoms with Gasteiger partial charge in [0.25, 0.3) is 0 Å². The minimum atomic E-state index is 1.31. The molecule has 0 aliphatic heterocycles. The molecular weight excluding hydrogens is 553 g/mol. The van der Waals surface area contributed by atoms with E-state index >= 15 is 0 Å². The van der Waals surface area contributed by atoms with Gasteiger partial charge in [-0.1, -0.05) is 120 Å². The van der Waals surface area contributed by atoms with Gasteiger partial charge in [-0.25, -0.2) is 0 Å². The van der Waals surface area contributed by atoms with Gasteiger partial charge >= 0.3 is 0 Å². The summed E-state index contributed by atoms with van der Waals surface area (Å²) in [4.78, 5) is 0. The zero-order valence-electron chi connectivity index (χ0n) is 27.4. The average Bonchev–Trinajstić information content (AvgIpc) is 3.03. The molecule has 0 saturated heterocycles. The van der Waals surface area contributed by atoms with Crippen molar-refractivity contribution in [2.75, 3.05) is 0 Å². The second-order valence-corrected chi connectivity index (χ2v) is 13.6. The fraction of sp³-hybridized carbons (Fsp3) is 0.130. The van der Waals surface area contributed by atoms with Gasteiger partial charge in [0, 0.05) is 0 Å². The Kier molecular flexibility index (Phi) is 5.69. The van der Waals surface area contributed by atoms with Crippen molar-refractivity contribution in [3.63, 3.8) is 0 Å². The summed E-state index contributed by atoms with van der Waals surface area (Å²) in [7, 11) is 0. The number of benzene rings is 9. The molecule has 0 amide bonds. The van der Waals surface area contributed by atoms with Crippen molar-refractivity contribution in [3.8, 4) is 22.3 Å². The number of fused-ring (bicyclic) bond motifs is 7. The van der Waals surface area contributed by atoms with Gasteiger partial charge in [-0.2, -0.15) is 0 Å². The first-order valence-corrected chi connectivity index (χ1v) is 16.5. The molecule has 0 saturated carbocycles. The van der Waals surface area contributed by atoms with Crippen LogP contribution in [0, 0.1) is 41.5 Å². The zero-order chi connectivity index (χ0) is 31.4. The van der Waals surface area contributed by atoms with Crippen LogP contribution < -0.4 is 0 Å². The molecule has 0 heterocycles. The summed E-state index contributed by atoms with van der Waals surface area (Å²) in [5.41, 5.74) is 13.4. The predicted molar refractivity (Wildman–Crippen MR) is 202 cm³/mol. The molecule has 9 aromatic carbocycles. The highest BCUT2D eigenvalue weighted by molar-refractivity contribution is 6.46. The molecule has 0 aliphatic carbocycles. The molecule has 0 bridgehead atoms. The molecule has 0 unspecified atom stereocenters. The molecular formula is C46H36. The molecule has 0 atom stereocenters. The second kappa shape index (κ2) is 9.65. The van der Waals surface area contributed by atoms with Gasteiger partial charge in [0.05, 0.1) is 0 Å². The molecule has 0 fully saturated rings. The Hall–Kier alpha value is -5.20. The van der Waals surface area contributed by atoms with Gasteiger partial charge in [0.15, 0.2) is 0 Å². The minimum Gasteiger partial charge on any atom is -0.0616 e. The first kappa shape index (κ1) is 27.1. The van der Waals surface area contributed by atoms with Crippen LogP contribution in [-0.4, -0.2) is 0 Å². The monoisotopic (exact) mass is 588 g/mol. The summed E-state index contributed by atoms with van der Waals surface area (Å²) in [6.07, 6.45) is 0. The third kappa shape index (κ3) is 3.56. The van der Waals surface area contributed by atoms with E-state index in [1.54, 1.807) is 0 Å². The molecule has 0 radical (unpaired) electrons. The number of hydrogen-bond acceptors (Lipinski definition) is 0. The zero-order valence-corrected chi connectivity index (χ0v) is 27.4. The van der Waals surface area contributed by atoms with E-state index in [1.807, 2.05) is 0 Å². The number of rotatable bonds is 2. The average molecular weight is 589 g/mol. The summed E-state index contributed by atoms with van der Waals surface area (Å²) in [6, 6.07) is 41.6. The molecule has 9 rings (SSSR count). The van der Waals surface area contributed by atoms with Crippen LogP contribution in [0.15, 0.2) is 109 Å². The van der Waals surface area contributed by atoms with Crippen LogP contribution in [0.25, 0.3) is 86.9 Å². The van der Waals surface area contributed by atoms with Gasteiger partial charge in [0.1, 0.15) is 0 Å². The van der Waals surface area contributed by atoms with Crippen molar-refractivity contribution in [1.82, 2.24) is 0 Å². The normalized spacial score (nSPS) is 12.1. The third-order valence-corrected chi connectivity index (χ3v) is 10.5. The molecule has 46 heavy (non-hydrogen) atoms. The van der Waals surface area contributed by atoms with Crippen molar-refractivity contribution in [3.05, 3.63) is 143 Å².